The summed E-state index contributed by atoms with van der Waals surface area (Å²) in [6.45, 7) is 5.00. The number of nitrogens with one attached hydrogen (secondary N) is 1. The highest BCUT2D eigenvalue weighted by Crippen LogP contribution is 2.39. The van der Waals surface area contributed by atoms with Gasteiger partial charge in [0.1, 0.15) is 0 Å². The van der Waals surface area contributed by atoms with Gasteiger partial charge in [-0.2, -0.15) is 0 Å². The number of hydrogen-bond acceptors (Lipinski definition) is 2. The molecule has 0 unspecified atom stereocenters. The van der Waals surface area contributed by atoms with E-state index in [9.17, 15) is 4.79 Å². The number of aliphatic hydroxyl groups is 1. The van der Waals surface area contributed by atoms with E-state index in [0.29, 0.717) is 17.4 Å². The van der Waals surface area contributed by atoms with Crippen LogP contribution in [0.15, 0.2) is 18.2 Å². The molecule has 0 radical (unpaired) electrons. The summed E-state index contributed by atoms with van der Waals surface area (Å²) in [5.41, 5.74) is 2.87. The van der Waals surface area contributed by atoms with Gasteiger partial charge in [-0.3, -0.25) is 4.79 Å². The molecule has 3 heteroatoms. The van der Waals surface area contributed by atoms with Crippen molar-refractivity contribution in [3.63, 3.8) is 0 Å². The average molecular weight is 285 g/mol. The van der Waals surface area contributed by atoms with Crippen LogP contribution in [0.1, 0.15) is 54.1 Å². The van der Waals surface area contributed by atoms with Gasteiger partial charge in [-0.1, -0.05) is 25.2 Å². The Bertz CT molecular complexity index is 577. The summed E-state index contributed by atoms with van der Waals surface area (Å²) in [7, 11) is 0. The quantitative estimate of drug-likeness (QED) is 0.836. The highest BCUT2D eigenvalue weighted by atomic mass is 16.2. The molecule has 1 amide bonds. The van der Waals surface area contributed by atoms with Gasteiger partial charge in [0.05, 0.1) is 6.61 Å². The topological polar surface area (TPSA) is 49.3 Å². The van der Waals surface area contributed by atoms with E-state index >= 15 is 0 Å². The van der Waals surface area contributed by atoms with E-state index in [1.54, 1.807) is 0 Å². The second kappa shape index (κ2) is 6.78. The van der Waals surface area contributed by atoms with Gasteiger partial charge in [-0.25, -0.2) is 0 Å². The molecule has 112 valence electrons. The second-order valence-electron chi connectivity index (χ2n) is 6.15. The van der Waals surface area contributed by atoms with Crippen molar-refractivity contribution in [1.82, 2.24) is 5.32 Å². The predicted molar refractivity (Wildman–Crippen MR) is 84.1 cm³/mol. The number of aliphatic hydroxyl groups excluding tert-OH is 1. The third-order valence-electron chi connectivity index (χ3n) is 4.18. The smallest absolute Gasteiger partial charge is 0.251 e. The van der Waals surface area contributed by atoms with Crippen LogP contribution in [0, 0.1) is 24.2 Å². The number of amides is 1. The zero-order valence-electron chi connectivity index (χ0n) is 12.8. The van der Waals surface area contributed by atoms with Crippen LogP contribution in [0.5, 0.6) is 0 Å². The lowest BCUT2D eigenvalue weighted by Gasteiger charge is -2.38. The van der Waals surface area contributed by atoms with Crippen molar-refractivity contribution in [1.29, 1.82) is 0 Å². The first-order valence-electron chi connectivity index (χ1n) is 7.53. The molecule has 0 atom stereocenters. The molecule has 0 aromatic heterocycles. The van der Waals surface area contributed by atoms with Crippen LogP contribution in [0.25, 0.3) is 0 Å². The van der Waals surface area contributed by atoms with E-state index in [2.05, 4.69) is 24.1 Å². The SMILES string of the molecule is Cc1cc(C(=O)NCC2(C)CCC2)ccc1C#CCCO. The molecule has 1 fully saturated rings. The fraction of sp³-hybridized carbons (Fsp3) is 0.500. The van der Waals surface area contributed by atoms with Crippen molar-refractivity contribution in [2.24, 2.45) is 5.41 Å². The highest BCUT2D eigenvalue weighted by molar-refractivity contribution is 5.94. The minimum Gasteiger partial charge on any atom is -0.395 e. The van der Waals surface area contributed by atoms with Gasteiger partial charge in [-0.15, -0.1) is 0 Å². The molecule has 2 rings (SSSR count). The molecule has 0 heterocycles. The maximum Gasteiger partial charge on any atom is 0.251 e. The van der Waals surface area contributed by atoms with E-state index in [1.807, 2.05) is 25.1 Å². The Hall–Kier alpha value is -1.79. The molecule has 1 saturated carbocycles. The average Bonchev–Trinajstić information content (AvgIpc) is 2.44. The molecule has 21 heavy (non-hydrogen) atoms. The third-order valence-corrected chi connectivity index (χ3v) is 4.18. The van der Waals surface area contributed by atoms with Crippen LogP contribution in [0.3, 0.4) is 0 Å². The van der Waals surface area contributed by atoms with Crippen molar-refractivity contribution in [3.8, 4) is 11.8 Å². The van der Waals surface area contributed by atoms with E-state index < -0.39 is 0 Å². The Morgan fingerprint density at radius 1 is 1.43 bits per heavy atom. The highest BCUT2D eigenvalue weighted by Gasteiger charge is 2.31. The zero-order valence-corrected chi connectivity index (χ0v) is 12.8. The van der Waals surface area contributed by atoms with Crippen LogP contribution < -0.4 is 5.32 Å². The first kappa shape index (κ1) is 15.6. The summed E-state index contributed by atoms with van der Waals surface area (Å²) in [4.78, 5) is 12.2. The summed E-state index contributed by atoms with van der Waals surface area (Å²) >= 11 is 0. The summed E-state index contributed by atoms with van der Waals surface area (Å²) in [5, 5.41) is 11.8. The molecule has 1 aliphatic carbocycles. The molecule has 0 bridgehead atoms. The molecule has 1 aromatic rings. The fourth-order valence-electron chi connectivity index (χ4n) is 2.51. The largest absolute Gasteiger partial charge is 0.395 e. The zero-order chi connectivity index (χ0) is 15.3. The Morgan fingerprint density at radius 3 is 2.76 bits per heavy atom. The number of rotatable bonds is 4. The molecule has 0 aliphatic heterocycles. The summed E-state index contributed by atoms with van der Waals surface area (Å²) in [6, 6.07) is 5.56. The van der Waals surface area contributed by atoms with Gasteiger partial charge in [-0.05, 0) is 48.9 Å². The molecule has 2 N–H and O–H groups in total. The Morgan fingerprint density at radius 2 is 2.19 bits per heavy atom. The van der Waals surface area contributed by atoms with Crippen molar-refractivity contribution < 1.29 is 9.90 Å². The maximum absolute atomic E-state index is 12.2. The van der Waals surface area contributed by atoms with E-state index in [1.165, 1.54) is 19.3 Å². The Labute approximate surface area is 126 Å². The van der Waals surface area contributed by atoms with Crippen molar-refractivity contribution >= 4 is 5.91 Å². The predicted octanol–water partition coefficient (Wildman–Crippen LogP) is 2.65. The van der Waals surface area contributed by atoms with Gasteiger partial charge in [0.2, 0.25) is 0 Å². The molecule has 0 saturated heterocycles. The molecule has 1 aliphatic rings. The van der Waals surface area contributed by atoms with E-state index in [4.69, 9.17) is 5.11 Å². The maximum atomic E-state index is 12.2. The summed E-state index contributed by atoms with van der Waals surface area (Å²) in [6.07, 6.45) is 4.14. The van der Waals surface area contributed by atoms with Gasteiger partial charge in [0.15, 0.2) is 0 Å². The van der Waals surface area contributed by atoms with Crippen LogP contribution in [0.2, 0.25) is 0 Å². The Kier molecular flexibility index (Phi) is 5.03. The first-order valence-corrected chi connectivity index (χ1v) is 7.53. The van der Waals surface area contributed by atoms with Crippen LogP contribution in [-0.2, 0) is 0 Å². The number of carbonyl (C=O) groups is 1. The standard InChI is InChI=1S/C18H23NO2/c1-14-12-16(8-7-15(14)6-3-4-11-20)17(21)19-13-18(2)9-5-10-18/h7-8,12,20H,4-5,9-11,13H2,1-2H3,(H,19,21). The number of carbonyl (C=O) groups excluding carboxylic acids is 1. The lowest BCUT2D eigenvalue weighted by molar-refractivity contribution is 0.0890. The minimum atomic E-state index is -0.0129. The lowest BCUT2D eigenvalue weighted by atomic mass is 9.70. The van der Waals surface area contributed by atoms with Gasteiger partial charge < -0.3 is 10.4 Å². The van der Waals surface area contributed by atoms with Gasteiger partial charge >= 0.3 is 0 Å². The number of aryl methyl sites for hydroxylation is 1. The molecule has 0 spiro atoms. The third kappa shape index (κ3) is 4.09. The Balaban J connectivity index is 1.98. The van der Waals surface area contributed by atoms with Gasteiger partial charge in [0, 0.05) is 24.1 Å². The van der Waals surface area contributed by atoms with Crippen molar-refractivity contribution in [2.45, 2.75) is 39.5 Å². The second-order valence-corrected chi connectivity index (χ2v) is 6.15. The number of hydrogen-bond donors (Lipinski definition) is 2. The monoisotopic (exact) mass is 285 g/mol. The fourth-order valence-corrected chi connectivity index (χ4v) is 2.51. The minimum absolute atomic E-state index is 0.0129. The van der Waals surface area contributed by atoms with Crippen molar-refractivity contribution in [3.05, 3.63) is 34.9 Å². The number of benzene rings is 1. The molecular formula is C18H23NO2. The van der Waals surface area contributed by atoms with Gasteiger partial charge in [0.25, 0.3) is 5.91 Å². The van der Waals surface area contributed by atoms with E-state index in [-0.39, 0.29) is 12.5 Å². The molecule has 3 nitrogen and oxygen atoms in total. The van der Waals surface area contributed by atoms with Crippen LogP contribution in [-0.4, -0.2) is 24.2 Å². The van der Waals surface area contributed by atoms with Crippen LogP contribution >= 0.6 is 0 Å². The molecule has 1 aromatic carbocycles. The van der Waals surface area contributed by atoms with E-state index in [0.717, 1.165) is 17.7 Å². The first-order chi connectivity index (χ1) is 10.0. The lowest BCUT2D eigenvalue weighted by Crippen LogP contribution is -2.39. The van der Waals surface area contributed by atoms with Crippen molar-refractivity contribution in [2.75, 3.05) is 13.2 Å². The molecular weight excluding hydrogens is 262 g/mol. The summed E-state index contributed by atoms with van der Waals surface area (Å²) < 4.78 is 0. The normalized spacial score (nSPS) is 15.6. The summed E-state index contributed by atoms with van der Waals surface area (Å²) in [5.74, 6) is 5.90. The van der Waals surface area contributed by atoms with Crippen LogP contribution in [0.4, 0.5) is 0 Å².